The predicted molar refractivity (Wildman–Crippen MR) is 488 cm³/mol. The topological polar surface area (TPSA) is 267 Å². The smallest absolute Gasteiger partial charge is 0.245 e. The molecule has 10 aliphatic rings. The minimum atomic E-state index is -0.264. The SMILES string of the molecule is C[C@@H]1C(=O)N(C)Cc2c(-c3cccc4cc(C5=CCOCC5)ncc34)nc(C3CC3)n21.C[C@H]1C(=O)N(C)Cc2c(-c3cccc4cc(C5=CCOCC5)ncc34)nc(C3CC3)n21.[C-]#[N+]c1cc2c(-c3nc(C4CC4)n4c3CN(C)C(=O)[C@@H]4C)cccc2nc1-c1cnn(C)c1.[C-]#[N+]c1cc2c(-c3nc(C4CC4)n4c3CN(C)C(=O)[C@H]4C)cccc2nc1-c1cnn(C)c1. The minimum absolute atomic E-state index is 0.115. The molecule has 4 fully saturated rings. The number of rotatable bonds is 12. The van der Waals surface area contributed by atoms with E-state index >= 15 is 0 Å². The molecule has 28 heteroatoms. The van der Waals surface area contributed by atoms with Crippen LogP contribution in [0.1, 0.15) is 197 Å². The lowest BCUT2D eigenvalue weighted by Gasteiger charge is -2.31. The van der Waals surface area contributed by atoms with E-state index in [2.05, 4.69) is 98.8 Å². The van der Waals surface area contributed by atoms with Crippen LogP contribution in [0.3, 0.4) is 0 Å². The van der Waals surface area contributed by atoms with Gasteiger partial charge in [-0.3, -0.25) is 48.5 Å². The molecule has 0 radical (unpaired) electrons. The quantitative estimate of drug-likeness (QED) is 0.103. The Morgan fingerprint density at radius 1 is 0.375 bits per heavy atom. The van der Waals surface area contributed by atoms with Crippen LogP contribution in [0.4, 0.5) is 11.4 Å². The van der Waals surface area contributed by atoms with Gasteiger partial charge in [0.05, 0.1) is 158 Å². The van der Waals surface area contributed by atoms with Crippen molar-refractivity contribution in [1.82, 2.24) is 97.3 Å². The summed E-state index contributed by atoms with van der Waals surface area (Å²) >= 11 is 0. The average molecular weight is 1700 g/mol. The van der Waals surface area contributed by atoms with Gasteiger partial charge >= 0.3 is 0 Å². The number of aromatic nitrogens is 16. The number of likely N-dealkylation sites (N-methyl/N-ethyl adjacent to an activating group) is 4. The molecule has 10 aromatic heterocycles. The second kappa shape index (κ2) is 32.2. The first-order valence-electron chi connectivity index (χ1n) is 44.5. The Kier molecular flexibility index (Phi) is 20.4. The lowest BCUT2D eigenvalue weighted by atomic mass is 9.99. The summed E-state index contributed by atoms with van der Waals surface area (Å²) in [7, 11) is 11.2. The summed E-state index contributed by atoms with van der Waals surface area (Å²) in [5.41, 5.74) is 22.3. The van der Waals surface area contributed by atoms with Crippen molar-refractivity contribution in [2.24, 2.45) is 14.1 Å². The Labute approximate surface area is 740 Å². The maximum atomic E-state index is 12.7. The van der Waals surface area contributed by atoms with Gasteiger partial charge in [-0.15, -0.1) is 0 Å². The zero-order valence-electron chi connectivity index (χ0n) is 73.5. The highest BCUT2D eigenvalue weighted by Crippen LogP contribution is 2.51. The van der Waals surface area contributed by atoms with Gasteiger partial charge < -0.3 is 47.3 Å². The molecular formula is C100H98N22O6. The Bertz CT molecular complexity index is 6700. The van der Waals surface area contributed by atoms with Gasteiger partial charge in [-0.05, 0) is 161 Å². The van der Waals surface area contributed by atoms with Crippen molar-refractivity contribution >= 4 is 89.5 Å². The fourth-order valence-electron chi connectivity index (χ4n) is 19.7. The third kappa shape index (κ3) is 14.4. The third-order valence-electron chi connectivity index (χ3n) is 27.0. The zero-order chi connectivity index (χ0) is 87.9. The molecule has 6 aliphatic heterocycles. The number of hydrogen-bond donors (Lipinski definition) is 0. The van der Waals surface area contributed by atoms with Crippen LogP contribution in [-0.4, -0.2) is 176 Å². The van der Waals surface area contributed by atoms with E-state index in [1.807, 2.05) is 153 Å². The molecule has 24 rings (SSSR count). The number of carbonyl (C=O) groups excluding carboxylic acids is 4. The molecule has 0 N–H and O–H groups in total. The summed E-state index contributed by atoms with van der Waals surface area (Å²) in [4.78, 5) is 105. The lowest BCUT2D eigenvalue weighted by Crippen LogP contribution is -2.39. The molecule has 16 heterocycles. The molecule has 4 amide bonds. The molecule has 4 saturated carbocycles. The summed E-state index contributed by atoms with van der Waals surface area (Å²) in [6.45, 7) is 28.5. The number of fused-ring (bicyclic) bond motifs is 8. The zero-order valence-corrected chi connectivity index (χ0v) is 73.5. The first-order chi connectivity index (χ1) is 62.1. The number of pyridine rings is 4. The molecule has 14 aromatic rings. The van der Waals surface area contributed by atoms with Gasteiger partial charge in [-0.2, -0.15) is 10.2 Å². The third-order valence-corrected chi connectivity index (χ3v) is 27.0. The number of amides is 4. The van der Waals surface area contributed by atoms with Gasteiger partial charge in [0.15, 0.2) is 0 Å². The molecule has 0 unspecified atom stereocenters. The molecule has 644 valence electrons. The van der Waals surface area contributed by atoms with E-state index in [1.54, 1.807) is 31.6 Å². The lowest BCUT2D eigenvalue weighted by molar-refractivity contribution is -0.136. The highest BCUT2D eigenvalue weighted by Gasteiger charge is 2.44. The van der Waals surface area contributed by atoms with Crippen molar-refractivity contribution in [3.63, 3.8) is 0 Å². The number of ether oxygens (including phenoxy) is 2. The average Bonchev–Trinajstić information content (AvgIpc) is 1.59. The fourth-order valence-corrected chi connectivity index (χ4v) is 19.7. The van der Waals surface area contributed by atoms with Gasteiger partial charge in [-0.1, -0.05) is 72.8 Å². The van der Waals surface area contributed by atoms with E-state index in [0.29, 0.717) is 85.8 Å². The van der Waals surface area contributed by atoms with Crippen molar-refractivity contribution in [3.05, 3.63) is 227 Å². The Morgan fingerprint density at radius 3 is 0.969 bits per heavy atom. The molecule has 4 atom stereocenters. The van der Waals surface area contributed by atoms with Crippen molar-refractivity contribution in [3.8, 4) is 67.5 Å². The number of hydrogen-bond acceptors (Lipinski definition) is 16. The number of aryl methyl sites for hydroxylation is 2. The van der Waals surface area contributed by atoms with E-state index in [0.717, 1.165) is 234 Å². The van der Waals surface area contributed by atoms with Gasteiger partial charge in [0.25, 0.3) is 0 Å². The summed E-state index contributed by atoms with van der Waals surface area (Å²) in [5.74, 6) is 6.51. The van der Waals surface area contributed by atoms with Crippen molar-refractivity contribution in [1.29, 1.82) is 0 Å². The van der Waals surface area contributed by atoms with Crippen LogP contribution >= 0.6 is 0 Å². The van der Waals surface area contributed by atoms with Crippen molar-refractivity contribution in [2.45, 2.75) is 166 Å². The normalized spacial score (nSPS) is 19.6. The summed E-state index contributed by atoms with van der Waals surface area (Å²) in [6.07, 6.45) is 26.3. The van der Waals surface area contributed by atoms with Gasteiger partial charge in [-0.25, -0.2) is 29.6 Å². The molecule has 4 aliphatic carbocycles. The number of carbonyl (C=O) groups is 4. The molecular weight excluding hydrogens is 1610 g/mol. The van der Waals surface area contributed by atoms with Crippen LogP contribution in [0, 0.1) is 13.1 Å². The van der Waals surface area contributed by atoms with Crippen LogP contribution in [0.5, 0.6) is 0 Å². The summed E-state index contributed by atoms with van der Waals surface area (Å²) < 4.78 is 23.0. The van der Waals surface area contributed by atoms with E-state index in [-0.39, 0.29) is 47.8 Å². The van der Waals surface area contributed by atoms with Gasteiger partial charge in [0, 0.05) is 135 Å². The van der Waals surface area contributed by atoms with Crippen LogP contribution in [-0.2, 0) is 68.9 Å². The second-order valence-corrected chi connectivity index (χ2v) is 35.9. The first kappa shape index (κ1) is 81.1. The number of nitrogens with zero attached hydrogens (tertiary/aromatic N) is 22. The van der Waals surface area contributed by atoms with Crippen molar-refractivity contribution < 1.29 is 28.7 Å². The van der Waals surface area contributed by atoms with E-state index < -0.39 is 0 Å². The monoisotopic (exact) mass is 1700 g/mol. The molecule has 0 spiro atoms. The Morgan fingerprint density at radius 2 is 0.688 bits per heavy atom. The predicted octanol–water partition coefficient (Wildman–Crippen LogP) is 17.5. The molecule has 28 nitrogen and oxygen atoms in total. The summed E-state index contributed by atoms with van der Waals surface area (Å²) in [6, 6.07) is 32.0. The Hall–Kier alpha value is -14.0. The molecule has 128 heavy (non-hydrogen) atoms. The van der Waals surface area contributed by atoms with Crippen molar-refractivity contribution in [2.75, 3.05) is 54.6 Å². The standard InChI is InChI=1S/2C25H23N7O.2C25H26N4O2/c2*1-14-25(33)30(3)13-21-23(29-24(32(14)21)15-8-9-15)17-6-5-7-19-18(17)10-20(26-2)22(28-19)16-11-27-31(4)12-16;2*1-15-25(30)28(2)14-22-23(27-24(29(15)22)17-6-7-17)19-5-3-4-18-12-21(26-13-20(18)19)16-8-10-31-11-9-16/h2*5-7,10-12,14-15H,8-9,13H2,1,3-4H3;2*3-5,8,12-13,15,17H,6-7,9-11,14H2,1-2H3/t2*14-;2*15-/m1010/s1. The molecule has 0 saturated heterocycles. The van der Waals surface area contributed by atoms with Crippen LogP contribution < -0.4 is 0 Å². The first-order valence-corrected chi connectivity index (χ1v) is 44.5. The maximum Gasteiger partial charge on any atom is 0.245 e. The molecule has 0 bridgehead atoms. The number of imidazole rings is 4. The fraction of sp³-hybridized carbons (Fsp3) is 0.360. The summed E-state index contributed by atoms with van der Waals surface area (Å²) in [5, 5.41) is 14.8. The maximum absolute atomic E-state index is 12.7. The second-order valence-electron chi connectivity index (χ2n) is 35.9. The largest absolute Gasteiger partial charge is 0.377 e. The van der Waals surface area contributed by atoms with E-state index in [1.165, 1.54) is 11.1 Å². The van der Waals surface area contributed by atoms with Crippen LogP contribution in [0.25, 0.3) is 132 Å². The van der Waals surface area contributed by atoms with E-state index in [9.17, 15) is 19.2 Å². The van der Waals surface area contributed by atoms with Crippen LogP contribution in [0.2, 0.25) is 0 Å². The Balaban J connectivity index is 0.000000104. The molecule has 4 aromatic carbocycles. The van der Waals surface area contributed by atoms with E-state index in [4.69, 9.17) is 62.5 Å². The number of benzene rings is 4. The minimum Gasteiger partial charge on any atom is -0.377 e. The van der Waals surface area contributed by atoms with Crippen LogP contribution in [0.15, 0.2) is 146 Å². The highest BCUT2D eigenvalue weighted by molar-refractivity contribution is 6.03. The van der Waals surface area contributed by atoms with Gasteiger partial charge in [0.2, 0.25) is 35.0 Å². The van der Waals surface area contributed by atoms with Gasteiger partial charge in [0.1, 0.15) is 47.5 Å². The highest BCUT2D eigenvalue weighted by atomic mass is 16.5.